The zero-order chi connectivity index (χ0) is 14.6. The van der Waals surface area contributed by atoms with Gasteiger partial charge in [0.05, 0.1) is 11.5 Å². The summed E-state index contributed by atoms with van der Waals surface area (Å²) in [5.41, 5.74) is 2.50. The number of aliphatic hydroxyl groups excluding tert-OH is 1. The Labute approximate surface area is 119 Å². The van der Waals surface area contributed by atoms with Gasteiger partial charge in [-0.15, -0.1) is 0 Å². The maximum absolute atomic E-state index is 12.1. The topological polar surface area (TPSA) is 66.4 Å². The highest BCUT2D eigenvalue weighted by molar-refractivity contribution is 7.89. The molecule has 0 atom stereocenters. The van der Waals surface area contributed by atoms with Crippen LogP contribution in [0.5, 0.6) is 0 Å². The van der Waals surface area contributed by atoms with Crippen LogP contribution in [0.4, 0.5) is 0 Å². The molecular weight excluding hydrogens is 274 g/mol. The smallest absolute Gasteiger partial charge is 0.240 e. The van der Waals surface area contributed by atoms with E-state index in [2.05, 4.69) is 4.72 Å². The number of nitrogens with one attached hydrogen (secondary N) is 1. The van der Waals surface area contributed by atoms with Crippen molar-refractivity contribution in [3.8, 4) is 0 Å². The van der Waals surface area contributed by atoms with E-state index in [0.717, 1.165) is 16.7 Å². The zero-order valence-corrected chi connectivity index (χ0v) is 12.0. The fourth-order valence-corrected chi connectivity index (χ4v) is 2.86. The van der Waals surface area contributed by atoms with Crippen molar-refractivity contribution in [1.29, 1.82) is 0 Å². The van der Waals surface area contributed by atoms with Gasteiger partial charge in [0.2, 0.25) is 10.0 Å². The Hall–Kier alpha value is -1.69. The molecule has 0 aliphatic carbocycles. The van der Waals surface area contributed by atoms with E-state index in [1.807, 2.05) is 19.1 Å². The third kappa shape index (κ3) is 3.45. The molecule has 2 aromatic carbocycles. The van der Waals surface area contributed by atoms with Crippen LogP contribution in [0, 0.1) is 6.92 Å². The summed E-state index contributed by atoms with van der Waals surface area (Å²) < 4.78 is 26.8. The molecule has 0 aliphatic rings. The number of hydrogen-bond donors (Lipinski definition) is 2. The highest BCUT2D eigenvalue weighted by Crippen LogP contribution is 2.13. The summed E-state index contributed by atoms with van der Waals surface area (Å²) in [4.78, 5) is 0.240. The van der Waals surface area contributed by atoms with Crippen LogP contribution < -0.4 is 4.72 Å². The van der Waals surface area contributed by atoms with E-state index in [9.17, 15) is 13.5 Å². The molecule has 2 N–H and O–H groups in total. The summed E-state index contributed by atoms with van der Waals surface area (Å²) >= 11 is 0. The van der Waals surface area contributed by atoms with Gasteiger partial charge in [0, 0.05) is 6.54 Å². The summed E-state index contributed by atoms with van der Waals surface area (Å²) in [6.45, 7) is 1.96. The molecule has 0 aliphatic heterocycles. The number of sulfonamides is 1. The average molecular weight is 291 g/mol. The fourth-order valence-electron chi connectivity index (χ4n) is 1.86. The first-order chi connectivity index (χ1) is 9.53. The lowest BCUT2D eigenvalue weighted by atomic mass is 10.1. The molecule has 20 heavy (non-hydrogen) atoms. The highest BCUT2D eigenvalue weighted by atomic mass is 32.2. The molecule has 2 rings (SSSR count). The maximum atomic E-state index is 12.1. The van der Waals surface area contributed by atoms with Gasteiger partial charge in [0.1, 0.15) is 0 Å². The Morgan fingerprint density at radius 3 is 2.20 bits per heavy atom. The molecule has 0 saturated carbocycles. The lowest BCUT2D eigenvalue weighted by Crippen LogP contribution is -2.23. The average Bonchev–Trinajstić information content (AvgIpc) is 2.46. The van der Waals surface area contributed by atoms with Gasteiger partial charge in [0.15, 0.2) is 0 Å². The fraction of sp³-hybridized carbons (Fsp3) is 0.200. The van der Waals surface area contributed by atoms with Crippen LogP contribution in [-0.4, -0.2) is 13.5 Å². The summed E-state index contributed by atoms with van der Waals surface area (Å²) in [6.07, 6.45) is 0. The summed E-state index contributed by atoms with van der Waals surface area (Å²) in [6, 6.07) is 13.9. The number of rotatable bonds is 5. The maximum Gasteiger partial charge on any atom is 0.240 e. The molecule has 0 unspecified atom stereocenters. The van der Waals surface area contributed by atoms with Crippen LogP contribution in [0.2, 0.25) is 0 Å². The molecule has 0 aromatic heterocycles. The van der Waals surface area contributed by atoms with Gasteiger partial charge in [-0.1, -0.05) is 42.0 Å². The SMILES string of the molecule is Cc1ccc(S(=O)(=O)NCc2ccccc2CO)cc1. The van der Waals surface area contributed by atoms with Crippen molar-refractivity contribution in [2.75, 3.05) is 0 Å². The van der Waals surface area contributed by atoms with Crippen LogP contribution in [-0.2, 0) is 23.2 Å². The van der Waals surface area contributed by atoms with Gasteiger partial charge >= 0.3 is 0 Å². The summed E-state index contributed by atoms with van der Waals surface area (Å²) in [5, 5.41) is 9.22. The quantitative estimate of drug-likeness (QED) is 0.885. The van der Waals surface area contributed by atoms with Crippen LogP contribution in [0.15, 0.2) is 53.4 Å². The van der Waals surface area contributed by atoms with Crippen molar-refractivity contribution in [3.63, 3.8) is 0 Å². The van der Waals surface area contributed by atoms with Gasteiger partial charge in [-0.05, 0) is 30.2 Å². The molecule has 0 bridgehead atoms. The lowest BCUT2D eigenvalue weighted by molar-refractivity contribution is 0.280. The second kappa shape index (κ2) is 6.17. The molecule has 0 heterocycles. The van der Waals surface area contributed by atoms with E-state index < -0.39 is 10.0 Å². The largest absolute Gasteiger partial charge is 0.392 e. The third-order valence-corrected chi connectivity index (χ3v) is 4.49. The molecule has 4 nitrogen and oxygen atoms in total. The summed E-state index contributed by atoms with van der Waals surface area (Å²) in [5.74, 6) is 0. The number of benzene rings is 2. The van der Waals surface area contributed by atoms with E-state index in [1.165, 1.54) is 0 Å². The van der Waals surface area contributed by atoms with Gasteiger partial charge in [-0.3, -0.25) is 0 Å². The molecule has 106 valence electrons. The Morgan fingerprint density at radius 1 is 1.00 bits per heavy atom. The molecule has 0 spiro atoms. The molecule has 0 saturated heterocycles. The van der Waals surface area contributed by atoms with Gasteiger partial charge in [-0.25, -0.2) is 13.1 Å². The molecule has 0 amide bonds. The Morgan fingerprint density at radius 2 is 1.60 bits per heavy atom. The normalized spacial score (nSPS) is 11.5. The lowest BCUT2D eigenvalue weighted by Gasteiger charge is -2.10. The van der Waals surface area contributed by atoms with Crippen LogP contribution in [0.25, 0.3) is 0 Å². The van der Waals surface area contributed by atoms with E-state index in [-0.39, 0.29) is 18.0 Å². The van der Waals surface area contributed by atoms with Gasteiger partial charge in [-0.2, -0.15) is 0 Å². The van der Waals surface area contributed by atoms with Crippen molar-refractivity contribution >= 4 is 10.0 Å². The molecule has 0 radical (unpaired) electrons. The Kier molecular flexibility index (Phi) is 4.54. The summed E-state index contributed by atoms with van der Waals surface area (Å²) in [7, 11) is -3.53. The Balaban J connectivity index is 2.15. The molecule has 5 heteroatoms. The first kappa shape index (κ1) is 14.7. The predicted molar refractivity (Wildman–Crippen MR) is 77.6 cm³/mol. The predicted octanol–water partition coefficient (Wildman–Crippen LogP) is 1.97. The van der Waals surface area contributed by atoms with E-state index in [1.54, 1.807) is 36.4 Å². The van der Waals surface area contributed by atoms with Crippen molar-refractivity contribution in [1.82, 2.24) is 4.72 Å². The minimum Gasteiger partial charge on any atom is -0.392 e. The molecule has 2 aromatic rings. The number of aliphatic hydroxyl groups is 1. The number of aryl methyl sites for hydroxylation is 1. The minimum atomic E-state index is -3.53. The number of hydrogen-bond acceptors (Lipinski definition) is 3. The zero-order valence-electron chi connectivity index (χ0n) is 11.2. The van der Waals surface area contributed by atoms with Crippen LogP contribution in [0.1, 0.15) is 16.7 Å². The van der Waals surface area contributed by atoms with E-state index in [0.29, 0.717) is 0 Å². The third-order valence-electron chi connectivity index (χ3n) is 3.07. The van der Waals surface area contributed by atoms with E-state index in [4.69, 9.17) is 0 Å². The van der Waals surface area contributed by atoms with E-state index >= 15 is 0 Å². The van der Waals surface area contributed by atoms with Crippen LogP contribution >= 0.6 is 0 Å². The second-order valence-corrected chi connectivity index (χ2v) is 6.33. The van der Waals surface area contributed by atoms with Crippen molar-refractivity contribution < 1.29 is 13.5 Å². The van der Waals surface area contributed by atoms with Crippen molar-refractivity contribution in [2.45, 2.75) is 25.0 Å². The van der Waals surface area contributed by atoms with Crippen LogP contribution in [0.3, 0.4) is 0 Å². The highest BCUT2D eigenvalue weighted by Gasteiger charge is 2.13. The first-order valence-corrected chi connectivity index (χ1v) is 7.75. The first-order valence-electron chi connectivity index (χ1n) is 6.27. The Bertz CT molecular complexity index is 679. The molecular formula is C15H17NO3S. The van der Waals surface area contributed by atoms with Crippen molar-refractivity contribution in [2.24, 2.45) is 0 Å². The monoisotopic (exact) mass is 291 g/mol. The standard InChI is InChI=1S/C15H17NO3S/c1-12-6-8-15(9-7-12)20(18,19)16-10-13-4-2-3-5-14(13)11-17/h2-9,16-17H,10-11H2,1H3. The molecule has 0 fully saturated rings. The van der Waals surface area contributed by atoms with Crippen molar-refractivity contribution in [3.05, 3.63) is 65.2 Å². The van der Waals surface area contributed by atoms with Gasteiger partial charge < -0.3 is 5.11 Å². The van der Waals surface area contributed by atoms with Gasteiger partial charge in [0.25, 0.3) is 0 Å². The minimum absolute atomic E-state index is 0.109. The second-order valence-electron chi connectivity index (χ2n) is 4.56.